The molecule has 0 saturated heterocycles. The van der Waals surface area contributed by atoms with E-state index >= 15 is 0 Å². The van der Waals surface area contributed by atoms with Crippen molar-refractivity contribution in [3.05, 3.63) is 70.8 Å². The smallest absolute Gasteiger partial charge is 0.251 e. The molecule has 0 aliphatic rings. The van der Waals surface area contributed by atoms with E-state index in [9.17, 15) is 14.7 Å². The number of carbonyl (C=O) groups excluding carboxylic acids is 2. The first-order valence-corrected chi connectivity index (χ1v) is 9.28. The lowest BCUT2D eigenvalue weighted by Crippen LogP contribution is -2.48. The van der Waals surface area contributed by atoms with Gasteiger partial charge in [-0.25, -0.2) is 0 Å². The molecule has 0 heterocycles. The Morgan fingerprint density at radius 1 is 1.00 bits per heavy atom. The fourth-order valence-corrected chi connectivity index (χ4v) is 2.70. The molecule has 3 N–H and O–H groups in total. The zero-order valence-electron chi connectivity index (χ0n) is 16.8. The summed E-state index contributed by atoms with van der Waals surface area (Å²) in [7, 11) is 4.04. The Morgan fingerprint density at radius 2 is 1.52 bits per heavy atom. The first-order valence-electron chi connectivity index (χ1n) is 9.28. The molecule has 2 rings (SSSR count). The van der Waals surface area contributed by atoms with Crippen molar-refractivity contribution < 1.29 is 19.8 Å². The third kappa shape index (κ3) is 6.84. The van der Waals surface area contributed by atoms with Crippen molar-refractivity contribution in [1.82, 2.24) is 10.2 Å². The summed E-state index contributed by atoms with van der Waals surface area (Å²) in [5.41, 5.74) is 3.19. The molecule has 2 aromatic rings. The Bertz CT molecular complexity index is 891. The minimum Gasteiger partial charge on any atom is -0.391 e. The van der Waals surface area contributed by atoms with E-state index in [2.05, 4.69) is 22.1 Å². The van der Waals surface area contributed by atoms with Crippen molar-refractivity contribution in [3.8, 4) is 11.8 Å². The van der Waals surface area contributed by atoms with E-state index in [0.717, 1.165) is 17.7 Å². The average molecular weight is 394 g/mol. The molecule has 0 saturated carbocycles. The number of nitrogens with zero attached hydrogens (tertiary/aromatic N) is 1. The van der Waals surface area contributed by atoms with Gasteiger partial charge in [-0.15, -0.1) is 0 Å². The van der Waals surface area contributed by atoms with Gasteiger partial charge in [0.05, 0.1) is 6.10 Å². The fraction of sp³-hybridized carbons (Fsp3) is 0.304. The lowest BCUT2D eigenvalue weighted by Gasteiger charge is -2.19. The van der Waals surface area contributed by atoms with Crippen LogP contribution in [0.25, 0.3) is 0 Å². The van der Waals surface area contributed by atoms with E-state index in [1.165, 1.54) is 12.5 Å². The zero-order valence-corrected chi connectivity index (χ0v) is 16.8. The number of aliphatic hydroxyl groups excluding tert-OH is 2. The minimum atomic E-state index is -1.15. The molecule has 1 amide bonds. The van der Waals surface area contributed by atoms with E-state index in [4.69, 9.17) is 5.11 Å². The molecule has 152 valence electrons. The van der Waals surface area contributed by atoms with Crippen molar-refractivity contribution in [1.29, 1.82) is 0 Å². The Kier molecular flexibility index (Phi) is 8.10. The van der Waals surface area contributed by atoms with Crippen LogP contribution in [-0.2, 0) is 11.3 Å². The summed E-state index contributed by atoms with van der Waals surface area (Å²) >= 11 is 0. The Labute approximate surface area is 171 Å². The van der Waals surface area contributed by atoms with Crippen LogP contribution in [0.3, 0.4) is 0 Å². The molecule has 0 aromatic heterocycles. The van der Waals surface area contributed by atoms with Crippen LogP contribution < -0.4 is 5.32 Å². The lowest BCUT2D eigenvalue weighted by atomic mass is 10.1. The third-order valence-corrected chi connectivity index (χ3v) is 4.22. The number of ketones is 1. The molecule has 29 heavy (non-hydrogen) atoms. The van der Waals surface area contributed by atoms with E-state index < -0.39 is 30.4 Å². The van der Waals surface area contributed by atoms with E-state index in [0.29, 0.717) is 5.56 Å². The molecule has 2 atom stereocenters. The lowest BCUT2D eigenvalue weighted by molar-refractivity contribution is -0.125. The highest BCUT2D eigenvalue weighted by atomic mass is 16.3. The quantitative estimate of drug-likeness (QED) is 0.614. The Balaban J connectivity index is 2.04. The zero-order chi connectivity index (χ0) is 21.4. The standard InChI is InChI=1S/C23H26N2O4/c1-16(27)22(21(28)15-26)24-23(29)20-12-10-18(11-13-20)5-4-17-6-8-19(9-7-17)14-25(2)3/h6-13,16,22,26-27H,14-15H2,1-3H3,(H,24,29)/t16-,22-/m0/s1. The molecule has 0 aliphatic carbocycles. The number of aliphatic hydroxyl groups is 2. The Morgan fingerprint density at radius 3 is 1.97 bits per heavy atom. The maximum absolute atomic E-state index is 12.3. The minimum absolute atomic E-state index is 0.333. The molecular formula is C23H26N2O4. The van der Waals surface area contributed by atoms with Crippen molar-refractivity contribution in [2.45, 2.75) is 25.6 Å². The van der Waals surface area contributed by atoms with E-state index in [1.54, 1.807) is 24.3 Å². The van der Waals surface area contributed by atoms with Crippen molar-refractivity contribution >= 4 is 11.7 Å². The van der Waals surface area contributed by atoms with Crippen LogP contribution in [0.5, 0.6) is 0 Å². The summed E-state index contributed by atoms with van der Waals surface area (Å²) in [5.74, 6) is 4.99. The van der Waals surface area contributed by atoms with Crippen molar-refractivity contribution in [3.63, 3.8) is 0 Å². The topological polar surface area (TPSA) is 89.9 Å². The molecule has 0 radical (unpaired) electrons. The van der Waals surface area contributed by atoms with Gasteiger partial charge in [0.1, 0.15) is 12.6 Å². The van der Waals surface area contributed by atoms with Crippen LogP contribution in [-0.4, -0.2) is 59.7 Å². The SMILES string of the molecule is C[C@H](O)[C@H](NC(=O)c1ccc(C#Cc2ccc(CN(C)C)cc2)cc1)C(=O)CO. The van der Waals surface area contributed by atoms with Crippen LogP contribution in [0, 0.1) is 11.8 Å². The second-order valence-corrected chi connectivity index (χ2v) is 7.08. The maximum atomic E-state index is 12.3. The van der Waals surface area contributed by atoms with Gasteiger partial charge in [0, 0.05) is 23.2 Å². The van der Waals surface area contributed by atoms with Gasteiger partial charge in [0.15, 0.2) is 5.78 Å². The van der Waals surface area contributed by atoms with Gasteiger partial charge < -0.3 is 20.4 Å². The largest absolute Gasteiger partial charge is 0.391 e. The third-order valence-electron chi connectivity index (χ3n) is 4.22. The predicted octanol–water partition coefficient (Wildman–Crippen LogP) is 1.19. The summed E-state index contributed by atoms with van der Waals surface area (Å²) in [6, 6.07) is 13.5. The predicted molar refractivity (Wildman–Crippen MR) is 111 cm³/mol. The number of hydrogen-bond donors (Lipinski definition) is 3. The number of rotatable bonds is 7. The molecule has 0 aliphatic heterocycles. The number of hydrogen-bond acceptors (Lipinski definition) is 5. The van der Waals surface area contributed by atoms with E-state index in [1.807, 2.05) is 38.4 Å². The number of amides is 1. The molecule has 0 fully saturated rings. The molecule has 0 unspecified atom stereocenters. The monoisotopic (exact) mass is 394 g/mol. The molecule has 2 aromatic carbocycles. The van der Waals surface area contributed by atoms with Gasteiger partial charge in [0.25, 0.3) is 5.91 Å². The summed E-state index contributed by atoms with van der Waals surface area (Å²) in [4.78, 5) is 26.0. The normalized spacial score (nSPS) is 12.6. The highest BCUT2D eigenvalue weighted by molar-refractivity contribution is 5.98. The van der Waals surface area contributed by atoms with E-state index in [-0.39, 0.29) is 0 Å². The van der Waals surface area contributed by atoms with Crippen LogP contribution >= 0.6 is 0 Å². The highest BCUT2D eigenvalue weighted by Crippen LogP contribution is 2.08. The van der Waals surface area contributed by atoms with Gasteiger partial charge in [0.2, 0.25) is 0 Å². The number of Topliss-reactive ketones (excluding diaryl/α,β-unsaturated/α-hetero) is 1. The molecule has 6 heteroatoms. The molecular weight excluding hydrogens is 368 g/mol. The second kappa shape index (κ2) is 10.5. The van der Waals surface area contributed by atoms with Crippen LogP contribution in [0.15, 0.2) is 48.5 Å². The fourth-order valence-electron chi connectivity index (χ4n) is 2.70. The second-order valence-electron chi connectivity index (χ2n) is 7.08. The number of carbonyl (C=O) groups is 2. The average Bonchev–Trinajstić information content (AvgIpc) is 2.70. The number of benzene rings is 2. The molecule has 0 bridgehead atoms. The van der Waals surface area contributed by atoms with Gasteiger partial charge in [-0.2, -0.15) is 0 Å². The van der Waals surface area contributed by atoms with Gasteiger partial charge in [-0.05, 0) is 63.0 Å². The molecule has 6 nitrogen and oxygen atoms in total. The summed E-state index contributed by atoms with van der Waals surface area (Å²) in [5, 5.41) is 21.0. The molecule has 0 spiro atoms. The Hall–Kier alpha value is -2.98. The van der Waals surface area contributed by atoms with Crippen LogP contribution in [0.4, 0.5) is 0 Å². The van der Waals surface area contributed by atoms with Crippen LogP contribution in [0.2, 0.25) is 0 Å². The first-order chi connectivity index (χ1) is 13.8. The van der Waals surface area contributed by atoms with Gasteiger partial charge in [-0.3, -0.25) is 9.59 Å². The van der Waals surface area contributed by atoms with Gasteiger partial charge in [-0.1, -0.05) is 24.0 Å². The highest BCUT2D eigenvalue weighted by Gasteiger charge is 2.25. The van der Waals surface area contributed by atoms with Crippen molar-refractivity contribution in [2.75, 3.05) is 20.7 Å². The van der Waals surface area contributed by atoms with Gasteiger partial charge >= 0.3 is 0 Å². The van der Waals surface area contributed by atoms with Crippen LogP contribution in [0.1, 0.15) is 34.0 Å². The first kappa shape index (κ1) is 22.3. The van der Waals surface area contributed by atoms with Crippen molar-refractivity contribution in [2.24, 2.45) is 0 Å². The summed E-state index contributed by atoms with van der Waals surface area (Å²) in [6.07, 6.45) is -1.10. The summed E-state index contributed by atoms with van der Waals surface area (Å²) in [6.45, 7) is 1.50. The summed E-state index contributed by atoms with van der Waals surface area (Å²) < 4.78 is 0. The number of nitrogens with one attached hydrogen (secondary N) is 1. The maximum Gasteiger partial charge on any atom is 0.251 e.